The summed E-state index contributed by atoms with van der Waals surface area (Å²) >= 11 is 0. The maximum absolute atomic E-state index is 12.9. The third kappa shape index (κ3) is 3.09. The molecule has 0 saturated carbocycles. The Bertz CT molecular complexity index is 920. The van der Waals surface area contributed by atoms with E-state index in [1.807, 2.05) is 56.6 Å². The molecule has 0 spiro atoms. The molecule has 2 unspecified atom stereocenters. The van der Waals surface area contributed by atoms with Gasteiger partial charge in [-0.2, -0.15) is 5.10 Å². The molecule has 26 heavy (non-hydrogen) atoms. The van der Waals surface area contributed by atoms with E-state index in [2.05, 4.69) is 28.1 Å². The van der Waals surface area contributed by atoms with E-state index >= 15 is 0 Å². The Morgan fingerprint density at radius 2 is 1.88 bits per heavy atom. The summed E-state index contributed by atoms with van der Waals surface area (Å²) in [5.41, 5.74) is 9.38. The first-order valence-electron chi connectivity index (χ1n) is 8.86. The highest BCUT2D eigenvalue weighted by atomic mass is 16.2. The topological polar surface area (TPSA) is 62.2 Å². The van der Waals surface area contributed by atoms with Crippen LogP contribution in [0.4, 0.5) is 0 Å². The summed E-state index contributed by atoms with van der Waals surface area (Å²) in [7, 11) is 3.70. The van der Waals surface area contributed by atoms with Gasteiger partial charge >= 0.3 is 0 Å². The smallest absolute Gasteiger partial charge is 0.274 e. The number of amides is 1. The van der Waals surface area contributed by atoms with Gasteiger partial charge < -0.3 is 4.90 Å². The number of carbonyl (C=O) groups is 1. The Kier molecular flexibility index (Phi) is 4.44. The number of carbonyl (C=O) groups excluding carboxylic acids is 1. The molecule has 0 bridgehead atoms. The number of hydrogen-bond acceptors (Lipinski definition) is 4. The highest BCUT2D eigenvalue weighted by molar-refractivity contribution is 6.04. The Labute approximate surface area is 152 Å². The van der Waals surface area contributed by atoms with Gasteiger partial charge in [-0.05, 0) is 18.1 Å². The number of benzene rings is 2. The van der Waals surface area contributed by atoms with E-state index in [4.69, 9.17) is 0 Å². The van der Waals surface area contributed by atoms with E-state index in [0.717, 1.165) is 17.3 Å². The summed E-state index contributed by atoms with van der Waals surface area (Å²) in [6.07, 6.45) is 0.935. The predicted molar refractivity (Wildman–Crippen MR) is 102 cm³/mol. The van der Waals surface area contributed by atoms with E-state index in [0.29, 0.717) is 12.2 Å². The highest BCUT2D eigenvalue weighted by Crippen LogP contribution is 2.23. The molecule has 0 radical (unpaired) electrons. The van der Waals surface area contributed by atoms with E-state index < -0.39 is 0 Å². The summed E-state index contributed by atoms with van der Waals surface area (Å²) < 4.78 is 1.76. The minimum Gasteiger partial charge on any atom is -0.339 e. The van der Waals surface area contributed by atoms with Crippen LogP contribution in [0.5, 0.6) is 0 Å². The van der Waals surface area contributed by atoms with Crippen LogP contribution in [0, 0.1) is 0 Å². The number of likely N-dealkylation sites (N-methyl/N-ethyl adjacent to an activating group) is 1. The molecule has 1 aliphatic heterocycles. The van der Waals surface area contributed by atoms with Crippen LogP contribution in [0.1, 0.15) is 28.5 Å². The zero-order valence-corrected chi connectivity index (χ0v) is 15.0. The van der Waals surface area contributed by atoms with Gasteiger partial charge in [0.15, 0.2) is 5.69 Å². The van der Waals surface area contributed by atoms with Gasteiger partial charge in [0.1, 0.15) is 0 Å². The largest absolute Gasteiger partial charge is 0.339 e. The Balaban J connectivity index is 1.45. The van der Waals surface area contributed by atoms with Crippen LogP contribution in [0.2, 0.25) is 0 Å². The van der Waals surface area contributed by atoms with Crippen LogP contribution in [0.3, 0.4) is 0 Å². The zero-order chi connectivity index (χ0) is 18.1. The summed E-state index contributed by atoms with van der Waals surface area (Å²) in [6, 6.07) is 18.6. The maximum atomic E-state index is 12.9. The van der Waals surface area contributed by atoms with Crippen LogP contribution >= 0.6 is 0 Å². The highest BCUT2D eigenvalue weighted by Gasteiger charge is 2.28. The lowest BCUT2D eigenvalue weighted by Crippen LogP contribution is -2.41. The molecule has 2 aromatic carbocycles. The van der Waals surface area contributed by atoms with Crippen molar-refractivity contribution in [1.29, 1.82) is 0 Å². The molecule has 134 valence electrons. The lowest BCUT2D eigenvalue weighted by molar-refractivity contribution is 0.0778. The minimum absolute atomic E-state index is 0.0493. The average Bonchev–Trinajstić information content (AvgIpc) is 3.27. The number of aryl methyl sites for hydroxylation is 1. The molecule has 4 rings (SSSR count). The molecule has 2 N–H and O–H groups in total. The number of hydrogen-bond donors (Lipinski definition) is 2. The molecule has 1 saturated heterocycles. The van der Waals surface area contributed by atoms with Gasteiger partial charge in [0, 0.05) is 38.1 Å². The van der Waals surface area contributed by atoms with Crippen LogP contribution < -0.4 is 10.9 Å². The molecule has 1 aliphatic rings. The summed E-state index contributed by atoms with van der Waals surface area (Å²) in [5, 5.41) is 5.33. The monoisotopic (exact) mass is 349 g/mol. The molecule has 1 amide bonds. The van der Waals surface area contributed by atoms with E-state index in [1.165, 1.54) is 5.56 Å². The van der Waals surface area contributed by atoms with Gasteiger partial charge in [0.2, 0.25) is 0 Å². The number of nitrogens with one attached hydrogen (secondary N) is 2. The third-order valence-corrected chi connectivity index (χ3v) is 4.99. The van der Waals surface area contributed by atoms with Gasteiger partial charge in [-0.1, -0.05) is 48.5 Å². The van der Waals surface area contributed by atoms with Gasteiger partial charge in [0.25, 0.3) is 5.91 Å². The second kappa shape index (κ2) is 6.90. The fourth-order valence-corrected chi connectivity index (χ4v) is 3.61. The third-order valence-electron chi connectivity index (χ3n) is 4.99. The molecule has 6 heteroatoms. The minimum atomic E-state index is -0.0493. The van der Waals surface area contributed by atoms with Crippen LogP contribution in [0.25, 0.3) is 10.9 Å². The second-order valence-corrected chi connectivity index (χ2v) is 6.86. The van der Waals surface area contributed by atoms with Gasteiger partial charge in [-0.15, -0.1) is 0 Å². The van der Waals surface area contributed by atoms with Crippen molar-refractivity contribution >= 4 is 16.8 Å². The average molecular weight is 349 g/mol. The first-order chi connectivity index (χ1) is 12.6. The quantitative estimate of drug-likeness (QED) is 0.758. The Morgan fingerprint density at radius 3 is 2.69 bits per heavy atom. The number of nitrogens with zero attached hydrogens (tertiary/aromatic N) is 3. The lowest BCUT2D eigenvalue weighted by Gasteiger charge is -2.20. The predicted octanol–water partition coefficient (Wildman–Crippen LogP) is 2.25. The first-order valence-corrected chi connectivity index (χ1v) is 8.86. The molecule has 1 aromatic heterocycles. The second-order valence-electron chi connectivity index (χ2n) is 6.86. The first kappa shape index (κ1) is 16.8. The van der Waals surface area contributed by atoms with Crippen LogP contribution in [-0.2, 0) is 7.05 Å². The molecular formula is C20H23N5O. The Hall–Kier alpha value is -2.70. The van der Waals surface area contributed by atoms with E-state index in [1.54, 1.807) is 9.58 Å². The number of aromatic nitrogens is 2. The number of rotatable bonds is 4. The van der Waals surface area contributed by atoms with Crippen molar-refractivity contribution in [2.45, 2.75) is 18.5 Å². The zero-order valence-electron chi connectivity index (χ0n) is 15.0. The van der Waals surface area contributed by atoms with Crippen molar-refractivity contribution in [2.75, 3.05) is 13.6 Å². The van der Waals surface area contributed by atoms with Crippen LogP contribution in [0.15, 0.2) is 54.6 Å². The van der Waals surface area contributed by atoms with Crippen molar-refractivity contribution in [3.05, 3.63) is 65.9 Å². The van der Waals surface area contributed by atoms with Crippen molar-refractivity contribution < 1.29 is 4.79 Å². The molecule has 3 aromatic rings. The molecule has 0 aliphatic carbocycles. The molecule has 2 atom stereocenters. The van der Waals surface area contributed by atoms with E-state index in [-0.39, 0.29) is 18.0 Å². The summed E-state index contributed by atoms with van der Waals surface area (Å²) in [4.78, 5) is 14.7. The SMILES string of the molecule is CN(CC1CC(c2ccccc2)NN1)C(=O)c1nn(C)c2ccccc12. The fraction of sp³-hybridized carbons (Fsp3) is 0.300. The van der Waals surface area contributed by atoms with Gasteiger partial charge in [-0.25, -0.2) is 5.43 Å². The van der Waals surface area contributed by atoms with Crippen molar-refractivity contribution in [1.82, 2.24) is 25.5 Å². The summed E-state index contributed by atoms with van der Waals surface area (Å²) in [5.74, 6) is -0.0493. The number of para-hydroxylation sites is 1. The van der Waals surface area contributed by atoms with Gasteiger partial charge in [-0.3, -0.25) is 14.9 Å². The molecule has 1 fully saturated rings. The summed E-state index contributed by atoms with van der Waals surface area (Å²) in [6.45, 7) is 0.625. The van der Waals surface area contributed by atoms with Gasteiger partial charge in [0.05, 0.1) is 5.52 Å². The number of hydrazine groups is 1. The fourth-order valence-electron chi connectivity index (χ4n) is 3.61. The Morgan fingerprint density at radius 1 is 1.15 bits per heavy atom. The number of fused-ring (bicyclic) bond motifs is 1. The lowest BCUT2D eigenvalue weighted by atomic mass is 10.0. The van der Waals surface area contributed by atoms with Crippen molar-refractivity contribution in [3.63, 3.8) is 0 Å². The maximum Gasteiger partial charge on any atom is 0.274 e. The normalized spacial score (nSPS) is 19.8. The standard InChI is InChI=1S/C20H23N5O/c1-24(13-15-12-17(22-21-15)14-8-4-3-5-9-14)20(26)19-16-10-6-7-11-18(16)25(2)23-19/h3-11,15,17,21-22H,12-13H2,1-2H3. The van der Waals surface area contributed by atoms with E-state index in [9.17, 15) is 4.79 Å². The van der Waals surface area contributed by atoms with Crippen molar-refractivity contribution in [3.8, 4) is 0 Å². The van der Waals surface area contributed by atoms with Crippen molar-refractivity contribution in [2.24, 2.45) is 7.05 Å². The molecule has 2 heterocycles. The molecular weight excluding hydrogens is 326 g/mol. The van der Waals surface area contributed by atoms with Crippen LogP contribution in [-0.4, -0.2) is 40.2 Å². The molecule has 6 nitrogen and oxygen atoms in total.